The summed E-state index contributed by atoms with van der Waals surface area (Å²) in [7, 11) is 1.53. The van der Waals surface area contributed by atoms with Gasteiger partial charge in [0, 0.05) is 25.9 Å². The lowest BCUT2D eigenvalue weighted by molar-refractivity contribution is -0.149. The average molecular weight is 686 g/mol. The number of nitrogens with zero attached hydrogens (tertiary/aromatic N) is 2. The summed E-state index contributed by atoms with van der Waals surface area (Å²) in [5.41, 5.74) is 0.820. The molecular weight excluding hydrogens is 638 g/mol. The van der Waals surface area contributed by atoms with Crippen molar-refractivity contribution in [1.82, 2.24) is 25.8 Å². The number of amides is 5. The van der Waals surface area contributed by atoms with Crippen LogP contribution in [-0.2, 0) is 25.5 Å². The van der Waals surface area contributed by atoms with Crippen LogP contribution in [0.1, 0.15) is 51.1 Å². The molecule has 0 aromatic heterocycles. The van der Waals surface area contributed by atoms with Crippen molar-refractivity contribution in [2.24, 2.45) is 5.92 Å². The van der Waals surface area contributed by atoms with Crippen LogP contribution in [-0.4, -0.2) is 106 Å². The van der Waals surface area contributed by atoms with Gasteiger partial charge in [-0.05, 0) is 44.2 Å². The van der Waals surface area contributed by atoms with Crippen LogP contribution >= 0.6 is 11.8 Å². The summed E-state index contributed by atoms with van der Waals surface area (Å²) in [5, 5.41) is 27.6. The predicted octanol–water partition coefficient (Wildman–Crippen LogP) is 2.99. The number of ether oxygens (including phenoxy) is 1. The standard InChI is InChI=1S/C34H47N5O8S/c1-21(2)26(37-32(45)38(6)18-17-35-33(46)47-34(3,4)5)29(42)39-25(20-48-30(39)23-15-11-8-12-16-23)28(41)36-24(27(40)31(43)44)19-22-13-9-7-10-14-22/h7-16,21,24-27,30,40H,17-20H2,1-6H3,(H,35,46)(H,36,41)(H,37,45)(H,43,44)/t24-,25-,26-,27?,30?/m0/s1. The Morgan fingerprint density at radius 3 is 2.17 bits per heavy atom. The lowest BCUT2D eigenvalue weighted by Gasteiger charge is -2.35. The number of aliphatic carboxylic acids is 1. The smallest absolute Gasteiger partial charge is 0.407 e. The molecule has 0 radical (unpaired) electrons. The highest BCUT2D eigenvalue weighted by molar-refractivity contribution is 7.99. The van der Waals surface area contributed by atoms with Crippen molar-refractivity contribution in [2.75, 3.05) is 25.9 Å². The van der Waals surface area contributed by atoms with Crippen LogP contribution in [0.2, 0.25) is 0 Å². The first-order chi connectivity index (χ1) is 22.6. The maximum Gasteiger partial charge on any atom is 0.407 e. The summed E-state index contributed by atoms with van der Waals surface area (Å²) in [5.74, 6) is -2.76. The van der Waals surface area contributed by atoms with E-state index in [9.17, 15) is 34.2 Å². The summed E-state index contributed by atoms with van der Waals surface area (Å²) in [6.07, 6.45) is -2.45. The first kappa shape index (κ1) is 38.2. The second-order valence-corrected chi connectivity index (χ2v) is 14.1. The summed E-state index contributed by atoms with van der Waals surface area (Å²) in [6.45, 7) is 9.04. The summed E-state index contributed by atoms with van der Waals surface area (Å²) in [6, 6.07) is 14.3. The van der Waals surface area contributed by atoms with Gasteiger partial charge in [-0.1, -0.05) is 74.5 Å². The maximum atomic E-state index is 14.4. The molecule has 2 unspecified atom stereocenters. The number of carboxylic acids is 1. The lowest BCUT2D eigenvalue weighted by Crippen LogP contribution is -2.59. The Bertz CT molecular complexity index is 1410. The molecule has 1 heterocycles. The number of aliphatic hydroxyl groups excluding tert-OH is 1. The number of hydrogen-bond acceptors (Lipinski definition) is 8. The Kier molecular flexibility index (Phi) is 13.7. The van der Waals surface area contributed by atoms with Crippen LogP contribution in [0.25, 0.3) is 0 Å². The van der Waals surface area contributed by atoms with Crippen molar-refractivity contribution in [3.05, 3.63) is 71.8 Å². The van der Waals surface area contributed by atoms with Gasteiger partial charge in [0.25, 0.3) is 0 Å². The van der Waals surface area contributed by atoms with Gasteiger partial charge in [0.2, 0.25) is 11.8 Å². The van der Waals surface area contributed by atoms with Crippen molar-refractivity contribution < 1.29 is 38.9 Å². The number of benzene rings is 2. The van der Waals surface area contributed by atoms with Crippen LogP contribution in [0.5, 0.6) is 0 Å². The fraction of sp³-hybridized carbons (Fsp3) is 0.500. The highest BCUT2D eigenvalue weighted by atomic mass is 32.2. The molecule has 2 aromatic rings. The molecule has 48 heavy (non-hydrogen) atoms. The van der Waals surface area contributed by atoms with Gasteiger partial charge >= 0.3 is 18.1 Å². The fourth-order valence-corrected chi connectivity index (χ4v) is 6.51. The van der Waals surface area contributed by atoms with Gasteiger partial charge in [-0.3, -0.25) is 9.59 Å². The molecule has 0 bridgehead atoms. The zero-order valence-electron chi connectivity index (χ0n) is 28.2. The number of carbonyl (C=O) groups excluding carboxylic acids is 4. The minimum Gasteiger partial charge on any atom is -0.479 e. The largest absolute Gasteiger partial charge is 0.479 e. The van der Waals surface area contributed by atoms with Gasteiger partial charge in [-0.25, -0.2) is 14.4 Å². The number of hydrogen-bond donors (Lipinski definition) is 5. The van der Waals surface area contributed by atoms with E-state index in [1.165, 1.54) is 28.6 Å². The number of urea groups is 1. The van der Waals surface area contributed by atoms with Crippen molar-refractivity contribution in [3.63, 3.8) is 0 Å². The van der Waals surface area contributed by atoms with Crippen LogP contribution in [0.3, 0.4) is 0 Å². The second kappa shape index (κ2) is 17.2. The first-order valence-electron chi connectivity index (χ1n) is 15.8. The fourth-order valence-electron chi connectivity index (χ4n) is 5.07. The van der Waals surface area contributed by atoms with E-state index in [2.05, 4.69) is 16.0 Å². The van der Waals surface area contributed by atoms with Crippen molar-refractivity contribution in [3.8, 4) is 0 Å². The molecule has 3 rings (SSSR count). The number of aliphatic hydroxyl groups is 1. The number of alkyl carbamates (subject to hydrolysis) is 1. The molecule has 5 N–H and O–H groups in total. The zero-order chi connectivity index (χ0) is 35.6. The van der Waals surface area contributed by atoms with Gasteiger partial charge < -0.3 is 40.7 Å². The molecule has 1 fully saturated rings. The van der Waals surface area contributed by atoms with E-state index in [0.717, 1.165) is 5.56 Å². The predicted molar refractivity (Wildman–Crippen MR) is 182 cm³/mol. The second-order valence-electron chi connectivity index (χ2n) is 13.0. The van der Waals surface area contributed by atoms with Crippen molar-refractivity contribution in [1.29, 1.82) is 0 Å². The van der Waals surface area contributed by atoms with Crippen LogP contribution in [0, 0.1) is 5.92 Å². The van der Waals surface area contributed by atoms with Gasteiger partial charge in [0.15, 0.2) is 6.10 Å². The molecule has 13 nitrogen and oxygen atoms in total. The van der Waals surface area contributed by atoms with Crippen LogP contribution < -0.4 is 16.0 Å². The Labute approximate surface area is 285 Å². The first-order valence-corrected chi connectivity index (χ1v) is 16.9. The summed E-state index contributed by atoms with van der Waals surface area (Å²) < 4.78 is 5.22. The number of carboxylic acid groups (broad SMARTS) is 1. The summed E-state index contributed by atoms with van der Waals surface area (Å²) >= 11 is 1.38. The SMILES string of the molecule is CC(C)[C@H](NC(=O)N(C)CCNC(=O)OC(C)(C)C)C(=O)N1C(c2ccccc2)SC[C@H]1C(=O)N[C@@H](Cc1ccccc1)C(O)C(=O)O. The number of thioether (sulfide) groups is 1. The van der Waals surface area contributed by atoms with E-state index in [1.807, 2.05) is 30.3 Å². The van der Waals surface area contributed by atoms with Gasteiger partial charge in [-0.15, -0.1) is 11.8 Å². The van der Waals surface area contributed by atoms with E-state index >= 15 is 0 Å². The lowest BCUT2D eigenvalue weighted by atomic mass is 9.99. The Hall–Kier alpha value is -4.30. The van der Waals surface area contributed by atoms with Crippen molar-refractivity contribution >= 4 is 41.7 Å². The molecule has 262 valence electrons. The Morgan fingerprint density at radius 2 is 1.60 bits per heavy atom. The minimum absolute atomic E-state index is 0.0514. The third-order valence-corrected chi connectivity index (χ3v) is 8.90. The number of rotatable bonds is 13. The molecule has 0 saturated carbocycles. The Balaban J connectivity index is 1.82. The molecule has 5 amide bonds. The molecule has 2 aromatic carbocycles. The van der Waals surface area contributed by atoms with E-state index in [0.29, 0.717) is 5.56 Å². The molecule has 0 aliphatic carbocycles. The van der Waals surface area contributed by atoms with E-state index < -0.39 is 65.1 Å². The topological polar surface area (TPSA) is 178 Å². The monoisotopic (exact) mass is 685 g/mol. The highest BCUT2D eigenvalue weighted by Gasteiger charge is 2.46. The van der Waals surface area contributed by atoms with Crippen molar-refractivity contribution in [2.45, 2.75) is 76.2 Å². The summed E-state index contributed by atoms with van der Waals surface area (Å²) in [4.78, 5) is 68.1. The van der Waals surface area contributed by atoms with Gasteiger partial charge in [-0.2, -0.15) is 0 Å². The Morgan fingerprint density at radius 1 is 1.00 bits per heavy atom. The van der Waals surface area contributed by atoms with E-state index in [-0.39, 0.29) is 31.2 Å². The third-order valence-electron chi connectivity index (χ3n) is 7.58. The molecule has 1 saturated heterocycles. The average Bonchev–Trinajstić information content (AvgIpc) is 3.48. The molecule has 0 spiro atoms. The van der Waals surface area contributed by atoms with E-state index in [1.54, 1.807) is 65.0 Å². The minimum atomic E-state index is -1.89. The van der Waals surface area contributed by atoms with Gasteiger partial charge in [0.05, 0.1) is 6.04 Å². The van der Waals surface area contributed by atoms with Gasteiger partial charge in [0.1, 0.15) is 23.1 Å². The van der Waals surface area contributed by atoms with Crippen LogP contribution in [0.4, 0.5) is 9.59 Å². The molecular formula is C34H47N5O8S. The molecule has 1 aliphatic rings. The third kappa shape index (κ3) is 10.9. The zero-order valence-corrected chi connectivity index (χ0v) is 29.0. The molecule has 5 atom stereocenters. The van der Waals surface area contributed by atoms with Crippen LogP contribution in [0.15, 0.2) is 60.7 Å². The highest BCUT2D eigenvalue weighted by Crippen LogP contribution is 2.42. The van der Waals surface area contributed by atoms with E-state index in [4.69, 9.17) is 4.74 Å². The number of nitrogens with one attached hydrogen (secondary N) is 3. The quantitative estimate of drug-likeness (QED) is 0.212. The molecule has 14 heteroatoms. The number of likely N-dealkylation sites (N-methyl/N-ethyl adjacent to an activating group) is 1. The normalized spacial score (nSPS) is 18.0. The number of carbonyl (C=O) groups is 5. The molecule has 1 aliphatic heterocycles. The maximum absolute atomic E-state index is 14.4.